The van der Waals surface area contributed by atoms with Crippen LogP contribution < -0.4 is 10.6 Å². The van der Waals surface area contributed by atoms with Gasteiger partial charge < -0.3 is 10.6 Å². The average Bonchev–Trinajstić information content (AvgIpc) is 3.38. The van der Waals surface area contributed by atoms with E-state index in [4.69, 9.17) is 0 Å². The Balaban J connectivity index is 1.43. The van der Waals surface area contributed by atoms with Crippen LogP contribution in [0, 0.1) is 17.6 Å². The first kappa shape index (κ1) is 17.0. The fourth-order valence-corrected chi connectivity index (χ4v) is 2.72. The number of hydrogen-bond donors (Lipinski definition) is 2. The molecule has 1 fully saturated rings. The Morgan fingerprint density at radius 3 is 2.68 bits per heavy atom. The van der Waals surface area contributed by atoms with Crippen molar-refractivity contribution in [2.24, 2.45) is 5.92 Å². The molecule has 1 aliphatic carbocycles. The molecule has 2 atom stereocenters. The molecule has 7 heteroatoms. The Hall–Kier alpha value is -2.83. The number of hydrogen-bond acceptors (Lipinski definition) is 3. The first-order valence-corrected chi connectivity index (χ1v) is 7.97. The monoisotopic (exact) mass is 345 g/mol. The number of anilines is 1. The zero-order valence-electron chi connectivity index (χ0n) is 13.3. The number of carbonyl (C=O) groups excluding carboxylic acids is 2. The van der Waals surface area contributed by atoms with E-state index in [9.17, 15) is 18.4 Å². The van der Waals surface area contributed by atoms with Crippen LogP contribution in [0.4, 0.5) is 14.5 Å². The average molecular weight is 345 g/mol. The van der Waals surface area contributed by atoms with Crippen molar-refractivity contribution in [1.29, 1.82) is 0 Å². The minimum atomic E-state index is -0.518. The van der Waals surface area contributed by atoms with Gasteiger partial charge in [-0.3, -0.25) is 14.6 Å². The predicted molar refractivity (Wildman–Crippen MR) is 87.7 cm³/mol. The van der Waals surface area contributed by atoms with Crippen molar-refractivity contribution in [3.63, 3.8) is 0 Å². The molecular formula is C18H17F2N3O2. The van der Waals surface area contributed by atoms with E-state index < -0.39 is 11.6 Å². The van der Waals surface area contributed by atoms with E-state index in [1.807, 2.05) is 0 Å². The van der Waals surface area contributed by atoms with E-state index in [1.165, 1.54) is 0 Å². The first-order chi connectivity index (χ1) is 12.0. The molecule has 1 aliphatic rings. The molecule has 0 spiro atoms. The normalized spacial score (nSPS) is 18.5. The Morgan fingerprint density at radius 2 is 1.92 bits per heavy atom. The van der Waals surface area contributed by atoms with Gasteiger partial charge in [0.05, 0.1) is 0 Å². The van der Waals surface area contributed by atoms with Crippen LogP contribution in [0.15, 0.2) is 42.7 Å². The summed E-state index contributed by atoms with van der Waals surface area (Å²) in [5, 5.41) is 5.35. The van der Waals surface area contributed by atoms with E-state index in [0.29, 0.717) is 12.1 Å². The molecule has 5 nitrogen and oxygen atoms in total. The quantitative estimate of drug-likeness (QED) is 0.845. The maximum atomic E-state index is 13.7. The zero-order valence-corrected chi connectivity index (χ0v) is 13.3. The maximum absolute atomic E-state index is 13.7. The van der Waals surface area contributed by atoms with Crippen molar-refractivity contribution < 1.29 is 18.4 Å². The molecule has 2 unspecified atom stereocenters. The lowest BCUT2D eigenvalue weighted by atomic mass is 10.1. The zero-order chi connectivity index (χ0) is 17.8. The van der Waals surface area contributed by atoms with Crippen LogP contribution in [0.25, 0.3) is 0 Å². The second kappa shape index (κ2) is 7.38. The molecule has 2 amide bonds. The number of rotatable bonds is 6. The van der Waals surface area contributed by atoms with Crippen LogP contribution in [0.1, 0.15) is 24.3 Å². The molecule has 0 radical (unpaired) electrons. The minimum Gasteiger partial charge on any atom is -0.355 e. The number of carbonyl (C=O) groups is 2. The Kier molecular flexibility index (Phi) is 5.02. The van der Waals surface area contributed by atoms with E-state index in [1.54, 1.807) is 24.5 Å². The number of nitrogens with one attached hydrogen (secondary N) is 2. The summed E-state index contributed by atoms with van der Waals surface area (Å²) in [7, 11) is 0. The number of pyridine rings is 1. The SMILES string of the molecule is O=C(CCNC(=O)C1CC1c1cc(F)ccc1F)Nc1ccncc1. The van der Waals surface area contributed by atoms with Gasteiger partial charge in [-0.1, -0.05) is 0 Å². The van der Waals surface area contributed by atoms with Gasteiger partial charge in [0.15, 0.2) is 0 Å². The summed E-state index contributed by atoms with van der Waals surface area (Å²) in [5.41, 5.74) is 0.866. The van der Waals surface area contributed by atoms with Gasteiger partial charge >= 0.3 is 0 Å². The fraction of sp³-hybridized carbons (Fsp3) is 0.278. The van der Waals surface area contributed by atoms with Gasteiger partial charge in [0.1, 0.15) is 11.6 Å². The first-order valence-electron chi connectivity index (χ1n) is 7.97. The van der Waals surface area contributed by atoms with Crippen LogP contribution in [0.2, 0.25) is 0 Å². The lowest BCUT2D eigenvalue weighted by Gasteiger charge is -2.07. The summed E-state index contributed by atoms with van der Waals surface area (Å²) in [4.78, 5) is 27.7. The number of benzene rings is 1. The minimum absolute atomic E-state index is 0.125. The largest absolute Gasteiger partial charge is 0.355 e. The third-order valence-electron chi connectivity index (χ3n) is 4.10. The predicted octanol–water partition coefficient (Wildman–Crippen LogP) is 2.61. The molecule has 1 saturated carbocycles. The molecular weight excluding hydrogens is 328 g/mol. The van der Waals surface area contributed by atoms with Gasteiger partial charge in [-0.25, -0.2) is 8.78 Å². The Bertz CT molecular complexity index is 783. The molecule has 0 bridgehead atoms. The van der Waals surface area contributed by atoms with Crippen LogP contribution in [-0.2, 0) is 9.59 Å². The summed E-state index contributed by atoms with van der Waals surface area (Å²) in [5.74, 6) is -2.17. The van der Waals surface area contributed by atoms with E-state index >= 15 is 0 Å². The lowest BCUT2D eigenvalue weighted by molar-refractivity contribution is -0.122. The number of amides is 2. The standard InChI is InChI=1S/C18H17F2N3O2/c19-11-1-2-16(20)14(9-11)13-10-15(13)18(25)22-8-5-17(24)23-12-3-6-21-7-4-12/h1-4,6-7,9,13,15H,5,8,10H2,(H,22,25)(H,21,23,24). The molecule has 1 aromatic heterocycles. The highest BCUT2D eigenvalue weighted by Gasteiger charge is 2.45. The Labute approximate surface area is 143 Å². The number of halogens is 2. The van der Waals surface area contributed by atoms with Crippen LogP contribution in [-0.4, -0.2) is 23.3 Å². The van der Waals surface area contributed by atoms with Gasteiger partial charge in [-0.2, -0.15) is 0 Å². The summed E-state index contributed by atoms with van der Waals surface area (Å²) in [6.45, 7) is 0.185. The second-order valence-corrected chi connectivity index (χ2v) is 5.94. The van der Waals surface area contributed by atoms with E-state index in [2.05, 4.69) is 15.6 Å². The number of nitrogens with zero attached hydrogens (tertiary/aromatic N) is 1. The molecule has 0 aliphatic heterocycles. The lowest BCUT2D eigenvalue weighted by Crippen LogP contribution is -2.29. The van der Waals surface area contributed by atoms with Gasteiger partial charge in [0.2, 0.25) is 11.8 Å². The van der Waals surface area contributed by atoms with Crippen LogP contribution >= 0.6 is 0 Å². The highest BCUT2D eigenvalue weighted by molar-refractivity contribution is 5.91. The number of aromatic nitrogens is 1. The summed E-state index contributed by atoms with van der Waals surface area (Å²) in [6, 6.07) is 6.59. The van der Waals surface area contributed by atoms with Crippen LogP contribution in [0.5, 0.6) is 0 Å². The summed E-state index contributed by atoms with van der Waals surface area (Å²) < 4.78 is 26.9. The van der Waals surface area contributed by atoms with Gasteiger partial charge in [0, 0.05) is 37.0 Å². The highest BCUT2D eigenvalue weighted by atomic mass is 19.1. The van der Waals surface area contributed by atoms with Crippen molar-refractivity contribution in [3.8, 4) is 0 Å². The molecule has 130 valence electrons. The topological polar surface area (TPSA) is 71.1 Å². The van der Waals surface area contributed by atoms with E-state index in [-0.39, 0.29) is 42.2 Å². The molecule has 25 heavy (non-hydrogen) atoms. The van der Waals surface area contributed by atoms with E-state index in [0.717, 1.165) is 18.2 Å². The van der Waals surface area contributed by atoms with Crippen molar-refractivity contribution in [2.45, 2.75) is 18.8 Å². The van der Waals surface area contributed by atoms with Gasteiger partial charge in [-0.15, -0.1) is 0 Å². The highest BCUT2D eigenvalue weighted by Crippen LogP contribution is 2.48. The third-order valence-corrected chi connectivity index (χ3v) is 4.10. The molecule has 1 heterocycles. The van der Waals surface area contributed by atoms with Crippen molar-refractivity contribution in [2.75, 3.05) is 11.9 Å². The van der Waals surface area contributed by atoms with Crippen molar-refractivity contribution >= 4 is 17.5 Å². The second-order valence-electron chi connectivity index (χ2n) is 5.94. The van der Waals surface area contributed by atoms with Crippen molar-refractivity contribution in [1.82, 2.24) is 10.3 Å². The smallest absolute Gasteiger partial charge is 0.226 e. The summed E-state index contributed by atoms with van der Waals surface area (Å²) >= 11 is 0. The third kappa shape index (κ3) is 4.37. The molecule has 2 aromatic rings. The molecule has 2 N–H and O–H groups in total. The van der Waals surface area contributed by atoms with Crippen molar-refractivity contribution in [3.05, 3.63) is 59.9 Å². The van der Waals surface area contributed by atoms with Crippen LogP contribution in [0.3, 0.4) is 0 Å². The van der Waals surface area contributed by atoms with Gasteiger partial charge in [-0.05, 0) is 48.2 Å². The Morgan fingerprint density at radius 1 is 1.16 bits per heavy atom. The molecule has 1 aromatic carbocycles. The maximum Gasteiger partial charge on any atom is 0.226 e. The van der Waals surface area contributed by atoms with Gasteiger partial charge in [0.25, 0.3) is 0 Å². The fourth-order valence-electron chi connectivity index (χ4n) is 2.72. The molecule has 3 rings (SSSR count). The summed E-state index contributed by atoms with van der Waals surface area (Å²) in [6.07, 6.45) is 3.74. The molecule has 0 saturated heterocycles.